The highest BCUT2D eigenvalue weighted by Gasteiger charge is 2.05. The standard InChI is InChI=1S/C14H22N2O/c1-5-11(2)15-13-8-6-12(7-9-13)10-14(17)16(3)4/h6-9,11,15H,5,10H2,1-4H3. The van der Waals surface area contributed by atoms with Crippen molar-refractivity contribution in [1.82, 2.24) is 4.90 Å². The molecule has 0 radical (unpaired) electrons. The van der Waals surface area contributed by atoms with Gasteiger partial charge in [-0.1, -0.05) is 19.1 Å². The lowest BCUT2D eigenvalue weighted by atomic mass is 10.1. The van der Waals surface area contributed by atoms with Gasteiger partial charge in [0.15, 0.2) is 0 Å². The van der Waals surface area contributed by atoms with Gasteiger partial charge in [-0.3, -0.25) is 4.79 Å². The van der Waals surface area contributed by atoms with E-state index in [0.717, 1.165) is 17.7 Å². The number of nitrogens with one attached hydrogen (secondary N) is 1. The van der Waals surface area contributed by atoms with Crippen LogP contribution in [-0.4, -0.2) is 30.9 Å². The molecule has 0 heterocycles. The molecule has 0 saturated carbocycles. The third-order valence-corrected chi connectivity index (χ3v) is 2.83. The molecule has 1 aromatic rings. The second-order valence-corrected chi connectivity index (χ2v) is 4.62. The van der Waals surface area contributed by atoms with Gasteiger partial charge in [0.2, 0.25) is 5.91 Å². The highest BCUT2D eigenvalue weighted by Crippen LogP contribution is 2.12. The van der Waals surface area contributed by atoms with Gasteiger partial charge in [0.25, 0.3) is 0 Å². The lowest BCUT2D eigenvalue weighted by Crippen LogP contribution is -2.23. The van der Waals surface area contributed by atoms with Gasteiger partial charge >= 0.3 is 0 Å². The number of carbonyl (C=O) groups excluding carboxylic acids is 1. The molecule has 3 nitrogen and oxygen atoms in total. The van der Waals surface area contributed by atoms with E-state index in [-0.39, 0.29) is 5.91 Å². The fraction of sp³-hybridized carbons (Fsp3) is 0.500. The van der Waals surface area contributed by atoms with Crippen molar-refractivity contribution in [3.8, 4) is 0 Å². The highest BCUT2D eigenvalue weighted by atomic mass is 16.2. The summed E-state index contributed by atoms with van der Waals surface area (Å²) in [4.78, 5) is 13.1. The normalized spacial score (nSPS) is 12.0. The van der Waals surface area contributed by atoms with Crippen LogP contribution in [0.5, 0.6) is 0 Å². The SMILES string of the molecule is CCC(C)Nc1ccc(CC(=O)N(C)C)cc1. The van der Waals surface area contributed by atoms with Crippen LogP contribution in [0.25, 0.3) is 0 Å². The van der Waals surface area contributed by atoms with E-state index >= 15 is 0 Å². The molecule has 3 heteroatoms. The summed E-state index contributed by atoms with van der Waals surface area (Å²) in [6, 6.07) is 8.55. The predicted molar refractivity (Wildman–Crippen MR) is 72.2 cm³/mol. The van der Waals surface area contributed by atoms with Crippen molar-refractivity contribution in [2.45, 2.75) is 32.7 Å². The monoisotopic (exact) mass is 234 g/mol. The van der Waals surface area contributed by atoms with E-state index in [1.54, 1.807) is 19.0 Å². The number of hydrogen-bond acceptors (Lipinski definition) is 2. The zero-order valence-electron chi connectivity index (χ0n) is 11.2. The average Bonchev–Trinajstić information content (AvgIpc) is 2.31. The molecule has 0 saturated heterocycles. The van der Waals surface area contributed by atoms with Crippen molar-refractivity contribution < 1.29 is 4.79 Å². The summed E-state index contributed by atoms with van der Waals surface area (Å²) >= 11 is 0. The molecule has 0 aliphatic rings. The van der Waals surface area contributed by atoms with Gasteiger partial charge in [-0.25, -0.2) is 0 Å². The van der Waals surface area contributed by atoms with Gasteiger partial charge in [-0.15, -0.1) is 0 Å². The topological polar surface area (TPSA) is 32.3 Å². The van der Waals surface area contributed by atoms with E-state index in [9.17, 15) is 4.79 Å². The van der Waals surface area contributed by atoms with Crippen molar-refractivity contribution >= 4 is 11.6 Å². The minimum Gasteiger partial charge on any atom is -0.383 e. The number of nitrogens with zero attached hydrogens (tertiary/aromatic N) is 1. The molecular weight excluding hydrogens is 212 g/mol. The Morgan fingerprint density at radius 1 is 1.29 bits per heavy atom. The first-order chi connectivity index (χ1) is 8.02. The Labute approximate surface area is 104 Å². The number of benzene rings is 1. The first-order valence-electron chi connectivity index (χ1n) is 6.08. The van der Waals surface area contributed by atoms with Gasteiger partial charge < -0.3 is 10.2 Å². The van der Waals surface area contributed by atoms with Gasteiger partial charge in [0.1, 0.15) is 0 Å². The van der Waals surface area contributed by atoms with Crippen molar-refractivity contribution in [2.75, 3.05) is 19.4 Å². The lowest BCUT2D eigenvalue weighted by Gasteiger charge is -2.14. The van der Waals surface area contributed by atoms with Crippen LogP contribution in [0.2, 0.25) is 0 Å². The molecule has 1 amide bonds. The molecule has 94 valence electrons. The van der Waals surface area contributed by atoms with Crippen LogP contribution in [0, 0.1) is 0 Å². The maximum absolute atomic E-state index is 11.5. The summed E-state index contributed by atoms with van der Waals surface area (Å²) in [6.07, 6.45) is 1.57. The summed E-state index contributed by atoms with van der Waals surface area (Å²) in [6.45, 7) is 4.31. The minimum atomic E-state index is 0.132. The second-order valence-electron chi connectivity index (χ2n) is 4.62. The molecule has 1 aromatic carbocycles. The van der Waals surface area contributed by atoms with Crippen LogP contribution in [0.15, 0.2) is 24.3 Å². The van der Waals surface area contributed by atoms with Crippen molar-refractivity contribution in [1.29, 1.82) is 0 Å². The van der Waals surface area contributed by atoms with E-state index in [0.29, 0.717) is 12.5 Å². The van der Waals surface area contributed by atoms with Crippen LogP contribution in [-0.2, 0) is 11.2 Å². The Morgan fingerprint density at radius 3 is 2.35 bits per heavy atom. The van der Waals surface area contributed by atoms with E-state index in [2.05, 4.69) is 19.2 Å². The van der Waals surface area contributed by atoms with Crippen LogP contribution in [0.4, 0.5) is 5.69 Å². The molecule has 1 unspecified atom stereocenters. The first-order valence-corrected chi connectivity index (χ1v) is 6.08. The summed E-state index contributed by atoms with van der Waals surface area (Å²) < 4.78 is 0. The Hall–Kier alpha value is -1.51. The Kier molecular flexibility index (Phi) is 5.01. The molecule has 0 aromatic heterocycles. The molecule has 1 N–H and O–H groups in total. The predicted octanol–water partition coefficient (Wildman–Crippen LogP) is 2.53. The van der Waals surface area contributed by atoms with Crippen LogP contribution in [0.3, 0.4) is 0 Å². The van der Waals surface area contributed by atoms with E-state index in [1.807, 2.05) is 24.3 Å². The van der Waals surface area contributed by atoms with E-state index in [1.165, 1.54) is 0 Å². The van der Waals surface area contributed by atoms with Gasteiger partial charge in [0.05, 0.1) is 6.42 Å². The number of hydrogen-bond donors (Lipinski definition) is 1. The molecule has 17 heavy (non-hydrogen) atoms. The maximum Gasteiger partial charge on any atom is 0.226 e. The van der Waals surface area contributed by atoms with Crippen molar-refractivity contribution in [3.05, 3.63) is 29.8 Å². The van der Waals surface area contributed by atoms with Gasteiger partial charge in [-0.2, -0.15) is 0 Å². The largest absolute Gasteiger partial charge is 0.383 e. The fourth-order valence-corrected chi connectivity index (χ4v) is 1.44. The van der Waals surface area contributed by atoms with Gasteiger partial charge in [0, 0.05) is 25.8 Å². The molecule has 1 atom stereocenters. The number of carbonyl (C=O) groups is 1. The zero-order chi connectivity index (χ0) is 12.8. The molecule has 0 aliphatic heterocycles. The molecule has 0 spiro atoms. The number of anilines is 1. The minimum absolute atomic E-state index is 0.132. The van der Waals surface area contributed by atoms with Crippen LogP contribution < -0.4 is 5.32 Å². The fourth-order valence-electron chi connectivity index (χ4n) is 1.44. The smallest absolute Gasteiger partial charge is 0.226 e. The number of amides is 1. The lowest BCUT2D eigenvalue weighted by molar-refractivity contribution is -0.127. The number of rotatable bonds is 5. The quantitative estimate of drug-likeness (QED) is 0.849. The molecule has 0 bridgehead atoms. The highest BCUT2D eigenvalue weighted by molar-refractivity contribution is 5.78. The number of likely N-dealkylation sites (N-methyl/N-ethyl adjacent to an activating group) is 1. The van der Waals surface area contributed by atoms with Crippen molar-refractivity contribution in [2.24, 2.45) is 0 Å². The first kappa shape index (κ1) is 13.6. The van der Waals surface area contributed by atoms with E-state index < -0.39 is 0 Å². The summed E-state index contributed by atoms with van der Waals surface area (Å²) in [7, 11) is 3.56. The maximum atomic E-state index is 11.5. The van der Waals surface area contributed by atoms with E-state index in [4.69, 9.17) is 0 Å². The Balaban J connectivity index is 2.59. The Morgan fingerprint density at radius 2 is 1.88 bits per heavy atom. The molecule has 0 aliphatic carbocycles. The summed E-state index contributed by atoms with van der Waals surface area (Å²) in [5.74, 6) is 0.132. The van der Waals surface area contributed by atoms with Crippen LogP contribution >= 0.6 is 0 Å². The molecule has 1 rings (SSSR count). The summed E-state index contributed by atoms with van der Waals surface area (Å²) in [5, 5.41) is 3.40. The third kappa shape index (κ3) is 4.47. The third-order valence-electron chi connectivity index (χ3n) is 2.83. The average molecular weight is 234 g/mol. The molecular formula is C14H22N2O. The Bertz CT molecular complexity index is 357. The summed E-state index contributed by atoms with van der Waals surface area (Å²) in [5.41, 5.74) is 2.17. The van der Waals surface area contributed by atoms with Crippen molar-refractivity contribution in [3.63, 3.8) is 0 Å². The second kappa shape index (κ2) is 6.28. The molecule has 0 fully saturated rings. The van der Waals surface area contributed by atoms with Crippen LogP contribution in [0.1, 0.15) is 25.8 Å². The van der Waals surface area contributed by atoms with Gasteiger partial charge in [-0.05, 0) is 31.0 Å². The zero-order valence-corrected chi connectivity index (χ0v) is 11.2.